The van der Waals surface area contributed by atoms with Gasteiger partial charge >= 0.3 is 18.6 Å². The fraction of sp³-hybridized carbons (Fsp3) is 0.789. The molecule has 4 atom stereocenters. The van der Waals surface area contributed by atoms with Crippen molar-refractivity contribution in [2.45, 2.75) is 68.6 Å². The number of halogens is 5. The largest absolute Gasteiger partial charge is 0.460 e. The second kappa shape index (κ2) is 15.0. The molecule has 0 aromatic heterocycles. The summed E-state index contributed by atoms with van der Waals surface area (Å²) in [6.45, 7) is -0.385. The quantitative estimate of drug-likeness (QED) is 0.145. The number of hydrazine groups is 1. The molecule has 1 unspecified atom stereocenters. The molecule has 1 fully saturated rings. The molecule has 36 heavy (non-hydrogen) atoms. The molecule has 0 aliphatic carbocycles. The number of nitrogens with one attached hydrogen (secondary N) is 3. The van der Waals surface area contributed by atoms with Gasteiger partial charge in [0.15, 0.2) is 0 Å². The van der Waals surface area contributed by atoms with Crippen LogP contribution in [0.2, 0.25) is 0 Å². The molecule has 0 saturated carbocycles. The first-order valence-electron chi connectivity index (χ1n) is 10.7. The number of ether oxygens (including phenoxy) is 3. The van der Waals surface area contributed by atoms with Crippen molar-refractivity contribution in [3.05, 3.63) is 0 Å². The van der Waals surface area contributed by atoms with Gasteiger partial charge in [0.1, 0.15) is 18.7 Å². The Kier molecular flexibility index (Phi) is 13.5. The Labute approximate surface area is 221 Å². The Balaban J connectivity index is 2.93. The summed E-state index contributed by atoms with van der Waals surface area (Å²) in [5.74, 6) is -3.89. The van der Waals surface area contributed by atoms with Crippen LogP contribution in [-0.4, -0.2) is 88.6 Å². The number of esters is 2. The van der Waals surface area contributed by atoms with Crippen molar-refractivity contribution >= 4 is 58.6 Å². The summed E-state index contributed by atoms with van der Waals surface area (Å²) in [7, 11) is 0. The Bertz CT molecular complexity index is 775. The van der Waals surface area contributed by atoms with Gasteiger partial charge in [0.05, 0.1) is 12.6 Å². The van der Waals surface area contributed by atoms with Crippen LogP contribution in [0, 0.1) is 5.92 Å². The molecule has 0 aromatic carbocycles. The minimum Gasteiger partial charge on any atom is -0.460 e. The van der Waals surface area contributed by atoms with Gasteiger partial charge in [-0.3, -0.25) is 24.2 Å². The van der Waals surface area contributed by atoms with Crippen molar-refractivity contribution in [3.8, 4) is 0 Å². The number of aliphatic hydroxyl groups is 1. The maximum absolute atomic E-state index is 13.1. The monoisotopic (exact) mass is 584 g/mol. The van der Waals surface area contributed by atoms with Crippen molar-refractivity contribution in [1.82, 2.24) is 21.1 Å². The minimum absolute atomic E-state index is 0.0745. The van der Waals surface area contributed by atoms with E-state index in [9.17, 15) is 33.1 Å². The third-order valence-corrected chi connectivity index (χ3v) is 4.99. The third-order valence-electron chi connectivity index (χ3n) is 4.67. The number of alkyl halides is 5. The van der Waals surface area contributed by atoms with E-state index < -0.39 is 77.8 Å². The lowest BCUT2D eigenvalue weighted by Gasteiger charge is -2.35. The smallest absolute Gasteiger partial charge is 0.345 e. The zero-order valence-electron chi connectivity index (χ0n) is 19.6. The van der Waals surface area contributed by atoms with E-state index in [-0.39, 0.29) is 13.0 Å². The summed E-state index contributed by atoms with van der Waals surface area (Å²) >= 11 is 16.7. The zero-order valence-corrected chi connectivity index (χ0v) is 21.9. The van der Waals surface area contributed by atoms with Crippen LogP contribution in [0.5, 0.6) is 0 Å². The van der Waals surface area contributed by atoms with Crippen LogP contribution >= 0.6 is 34.8 Å². The highest BCUT2D eigenvalue weighted by atomic mass is 35.6. The lowest BCUT2D eigenvalue weighted by atomic mass is 10.0. The second-order valence-corrected chi connectivity index (χ2v) is 10.6. The van der Waals surface area contributed by atoms with Crippen LogP contribution in [0.25, 0.3) is 0 Å². The lowest BCUT2D eigenvalue weighted by Crippen LogP contribution is -2.62. The van der Waals surface area contributed by atoms with Crippen LogP contribution in [-0.2, 0) is 33.4 Å². The van der Waals surface area contributed by atoms with E-state index in [0.29, 0.717) is 6.42 Å². The number of rotatable bonds is 12. The van der Waals surface area contributed by atoms with E-state index >= 15 is 0 Å². The molecule has 17 heteroatoms. The molecule has 1 rings (SSSR count). The molecule has 4 N–H and O–H groups in total. The van der Waals surface area contributed by atoms with Crippen LogP contribution in [0.15, 0.2) is 0 Å². The van der Waals surface area contributed by atoms with Gasteiger partial charge in [-0.2, -0.15) is 8.78 Å². The lowest BCUT2D eigenvalue weighted by molar-refractivity contribution is -0.174. The van der Waals surface area contributed by atoms with E-state index in [0.717, 1.165) is 11.9 Å². The van der Waals surface area contributed by atoms with Crippen molar-refractivity contribution in [1.29, 1.82) is 0 Å². The van der Waals surface area contributed by atoms with E-state index in [1.54, 1.807) is 13.8 Å². The molecule has 1 aliphatic heterocycles. The number of carbonyl (C=O) groups excluding carboxylic acids is 4. The molecular formula is C19H29Cl3F2N4O8. The first-order valence-corrected chi connectivity index (χ1v) is 11.9. The topological polar surface area (TPSA) is 156 Å². The number of carbonyl (C=O) groups is 4. The normalized spacial score (nSPS) is 19.0. The van der Waals surface area contributed by atoms with Gasteiger partial charge in [0.25, 0.3) is 12.3 Å². The van der Waals surface area contributed by atoms with E-state index in [1.807, 2.05) is 0 Å². The van der Waals surface area contributed by atoms with Gasteiger partial charge in [0.2, 0.25) is 9.70 Å². The number of amides is 2. The van der Waals surface area contributed by atoms with Gasteiger partial charge in [0, 0.05) is 13.5 Å². The van der Waals surface area contributed by atoms with E-state index in [4.69, 9.17) is 39.5 Å². The molecular weight excluding hydrogens is 557 g/mol. The maximum atomic E-state index is 13.1. The SMILES string of the molecule is CC(=O)OC(O)N[C@H](C(=O)N[C@@H](COC(F)F)C(=O)N1CCC[C@@H](C(=O)OCC(Cl)(Cl)Cl)N1)C(C)C. The van der Waals surface area contributed by atoms with Gasteiger partial charge < -0.3 is 24.6 Å². The van der Waals surface area contributed by atoms with Crippen LogP contribution in [0.1, 0.15) is 33.6 Å². The summed E-state index contributed by atoms with van der Waals surface area (Å²) < 4.78 is 37.2. The summed E-state index contributed by atoms with van der Waals surface area (Å²) in [6, 6.07) is -3.81. The highest BCUT2D eigenvalue weighted by Gasteiger charge is 2.36. The summed E-state index contributed by atoms with van der Waals surface area (Å²) in [5.41, 5.74) is 2.61. The Morgan fingerprint density at radius 1 is 1.22 bits per heavy atom. The van der Waals surface area contributed by atoms with Crippen LogP contribution in [0.3, 0.4) is 0 Å². The van der Waals surface area contributed by atoms with Gasteiger partial charge in [-0.1, -0.05) is 48.7 Å². The summed E-state index contributed by atoms with van der Waals surface area (Å²) in [5, 5.41) is 15.4. The summed E-state index contributed by atoms with van der Waals surface area (Å²) in [4.78, 5) is 49.2. The van der Waals surface area contributed by atoms with E-state index in [2.05, 4.69) is 25.5 Å². The third kappa shape index (κ3) is 12.1. The number of aliphatic hydroxyl groups excluding tert-OH is 1. The Morgan fingerprint density at radius 3 is 2.39 bits per heavy atom. The fourth-order valence-corrected chi connectivity index (χ4v) is 3.24. The van der Waals surface area contributed by atoms with Crippen molar-refractivity contribution < 1.29 is 47.3 Å². The Morgan fingerprint density at radius 2 is 1.86 bits per heavy atom. The number of hydrogen-bond acceptors (Lipinski definition) is 10. The molecule has 0 bridgehead atoms. The van der Waals surface area contributed by atoms with Crippen molar-refractivity contribution in [3.63, 3.8) is 0 Å². The molecule has 0 aromatic rings. The first-order chi connectivity index (χ1) is 16.6. The average Bonchev–Trinajstić information content (AvgIpc) is 2.76. The van der Waals surface area contributed by atoms with Gasteiger partial charge in [-0.05, 0) is 18.8 Å². The van der Waals surface area contributed by atoms with Crippen molar-refractivity contribution in [2.24, 2.45) is 5.92 Å². The predicted molar refractivity (Wildman–Crippen MR) is 123 cm³/mol. The van der Waals surface area contributed by atoms with Crippen LogP contribution in [0.4, 0.5) is 8.78 Å². The molecule has 0 spiro atoms. The molecule has 1 heterocycles. The average molecular weight is 586 g/mol. The van der Waals surface area contributed by atoms with Crippen molar-refractivity contribution in [2.75, 3.05) is 19.8 Å². The number of nitrogens with zero attached hydrogens (tertiary/aromatic N) is 1. The molecule has 1 aliphatic rings. The van der Waals surface area contributed by atoms with Crippen LogP contribution < -0.4 is 16.1 Å². The van der Waals surface area contributed by atoms with E-state index in [1.165, 1.54) is 0 Å². The van der Waals surface area contributed by atoms with Gasteiger partial charge in [-0.25, -0.2) is 10.7 Å². The molecule has 208 valence electrons. The molecule has 12 nitrogen and oxygen atoms in total. The molecule has 2 amide bonds. The predicted octanol–water partition coefficient (Wildman–Crippen LogP) is 0.573. The zero-order chi connectivity index (χ0) is 27.6. The fourth-order valence-electron chi connectivity index (χ4n) is 3.08. The summed E-state index contributed by atoms with van der Waals surface area (Å²) in [6.07, 6.45) is -1.25. The minimum atomic E-state index is -3.24. The van der Waals surface area contributed by atoms with Gasteiger partial charge in [-0.15, -0.1) is 0 Å². The first kappa shape index (κ1) is 32.5. The maximum Gasteiger partial charge on any atom is 0.345 e. The Hall–Kier alpha value is -1.55. The highest BCUT2D eigenvalue weighted by Crippen LogP contribution is 2.26. The second-order valence-electron chi connectivity index (χ2n) is 8.04. The number of hydrogen-bond donors (Lipinski definition) is 4. The highest BCUT2D eigenvalue weighted by molar-refractivity contribution is 6.67. The molecule has 1 saturated heterocycles. The standard InChI is InChI=1S/C19H29Cl3F2N4O8/c1-9(2)13(26-18(33)36-10(3)29)14(30)25-12(7-34-17(23)24)15(31)28-6-4-5-11(27-28)16(32)35-8-19(20,21)22/h9,11-13,17-18,26-27,33H,4-8H2,1-3H3,(H,25,30)/t11-,12-,13-,18?/m0/s1. The molecule has 0 radical (unpaired) electrons.